The third-order valence-corrected chi connectivity index (χ3v) is 2.65. The van der Waals surface area contributed by atoms with E-state index in [0.29, 0.717) is 6.04 Å². The van der Waals surface area contributed by atoms with Gasteiger partial charge >= 0.3 is 0 Å². The Morgan fingerprint density at radius 1 is 1.50 bits per heavy atom. The summed E-state index contributed by atoms with van der Waals surface area (Å²) in [6.07, 6.45) is 0. The molecule has 0 spiro atoms. The normalized spacial score (nSPS) is 17.0. The molecule has 1 aliphatic rings. The van der Waals surface area contributed by atoms with Crippen LogP contribution in [-0.2, 0) is 0 Å². The Hall–Kier alpha value is -0.340. The molecule has 1 fully saturated rings. The molecule has 0 aromatic rings. The first-order chi connectivity index (χ1) is 5.61. The van der Waals surface area contributed by atoms with Crippen LogP contribution in [0.15, 0.2) is 11.1 Å². The summed E-state index contributed by atoms with van der Waals surface area (Å²) < 4.78 is 0. The van der Waals surface area contributed by atoms with Crippen LogP contribution in [0.1, 0.15) is 20.8 Å². The van der Waals surface area contributed by atoms with Gasteiger partial charge in [-0.3, -0.25) is 0 Å². The van der Waals surface area contributed by atoms with E-state index >= 15 is 0 Å². The standard InChI is InChI=1S/C10H20N2/c1-8(2)12(4)7-9(3)10-5-11-6-10/h8,11H,5-7H2,1-4H3. The van der Waals surface area contributed by atoms with Gasteiger partial charge in [0.1, 0.15) is 0 Å². The minimum Gasteiger partial charge on any atom is -0.309 e. The fourth-order valence-corrected chi connectivity index (χ4v) is 1.22. The highest BCUT2D eigenvalue weighted by molar-refractivity contribution is 5.22. The minimum atomic E-state index is 0.647. The largest absolute Gasteiger partial charge is 0.309 e. The summed E-state index contributed by atoms with van der Waals surface area (Å²) in [6.45, 7) is 10.0. The van der Waals surface area contributed by atoms with E-state index in [9.17, 15) is 0 Å². The second-order valence-corrected chi connectivity index (χ2v) is 4.00. The Morgan fingerprint density at radius 3 is 2.42 bits per heavy atom. The number of rotatable bonds is 3. The van der Waals surface area contributed by atoms with Crippen molar-refractivity contribution in [1.29, 1.82) is 0 Å². The summed E-state index contributed by atoms with van der Waals surface area (Å²) in [5.74, 6) is 0. The topological polar surface area (TPSA) is 15.3 Å². The van der Waals surface area contributed by atoms with Crippen LogP contribution < -0.4 is 5.32 Å². The summed E-state index contributed by atoms with van der Waals surface area (Å²) >= 11 is 0. The average molecular weight is 168 g/mol. The number of nitrogens with zero attached hydrogens (tertiary/aromatic N) is 1. The van der Waals surface area contributed by atoms with E-state index in [1.165, 1.54) is 0 Å². The van der Waals surface area contributed by atoms with Crippen molar-refractivity contribution in [3.8, 4) is 0 Å². The summed E-state index contributed by atoms with van der Waals surface area (Å²) in [4.78, 5) is 2.38. The van der Waals surface area contributed by atoms with Gasteiger partial charge in [0.05, 0.1) is 0 Å². The fourth-order valence-electron chi connectivity index (χ4n) is 1.22. The van der Waals surface area contributed by atoms with Crippen LogP contribution in [0.5, 0.6) is 0 Å². The van der Waals surface area contributed by atoms with Crippen molar-refractivity contribution < 1.29 is 0 Å². The maximum atomic E-state index is 3.27. The molecule has 1 N–H and O–H groups in total. The maximum Gasteiger partial charge on any atom is 0.0193 e. The molecule has 1 saturated heterocycles. The van der Waals surface area contributed by atoms with Crippen LogP contribution in [0, 0.1) is 0 Å². The molecule has 12 heavy (non-hydrogen) atoms. The molecule has 1 rings (SSSR count). The third-order valence-electron chi connectivity index (χ3n) is 2.65. The van der Waals surface area contributed by atoms with Gasteiger partial charge in [0, 0.05) is 25.7 Å². The number of likely N-dealkylation sites (N-methyl/N-ethyl adjacent to an activating group) is 1. The van der Waals surface area contributed by atoms with Gasteiger partial charge in [0.25, 0.3) is 0 Å². The van der Waals surface area contributed by atoms with Gasteiger partial charge in [-0.05, 0) is 33.4 Å². The van der Waals surface area contributed by atoms with Crippen molar-refractivity contribution in [2.45, 2.75) is 26.8 Å². The lowest BCUT2D eigenvalue weighted by Crippen LogP contribution is -2.37. The molecule has 0 amide bonds. The molecule has 70 valence electrons. The molecule has 0 aromatic heterocycles. The van der Waals surface area contributed by atoms with Gasteiger partial charge in [0.15, 0.2) is 0 Å². The lowest BCUT2D eigenvalue weighted by atomic mass is 10.0. The Morgan fingerprint density at radius 2 is 2.08 bits per heavy atom. The molecule has 2 nitrogen and oxygen atoms in total. The van der Waals surface area contributed by atoms with Crippen LogP contribution in [0.2, 0.25) is 0 Å². The van der Waals surface area contributed by atoms with Crippen LogP contribution in [-0.4, -0.2) is 37.6 Å². The van der Waals surface area contributed by atoms with Crippen LogP contribution >= 0.6 is 0 Å². The average Bonchev–Trinajstić information content (AvgIpc) is 1.82. The van der Waals surface area contributed by atoms with Crippen molar-refractivity contribution in [3.63, 3.8) is 0 Å². The van der Waals surface area contributed by atoms with E-state index < -0.39 is 0 Å². The summed E-state index contributed by atoms with van der Waals surface area (Å²) in [5.41, 5.74) is 3.15. The van der Waals surface area contributed by atoms with Crippen molar-refractivity contribution in [1.82, 2.24) is 10.2 Å². The quantitative estimate of drug-likeness (QED) is 0.638. The highest BCUT2D eigenvalue weighted by Crippen LogP contribution is 2.10. The van der Waals surface area contributed by atoms with Gasteiger partial charge in [-0.25, -0.2) is 0 Å². The van der Waals surface area contributed by atoms with E-state index in [4.69, 9.17) is 0 Å². The zero-order valence-corrected chi connectivity index (χ0v) is 8.65. The second kappa shape index (κ2) is 4.06. The smallest absolute Gasteiger partial charge is 0.0193 e. The van der Waals surface area contributed by atoms with Crippen molar-refractivity contribution >= 4 is 0 Å². The maximum absolute atomic E-state index is 3.27. The summed E-state index contributed by atoms with van der Waals surface area (Å²) in [6, 6.07) is 0.647. The number of hydrogen-bond donors (Lipinski definition) is 1. The molecule has 0 aliphatic carbocycles. The molecular weight excluding hydrogens is 148 g/mol. The van der Waals surface area contributed by atoms with E-state index in [2.05, 4.69) is 38.0 Å². The second-order valence-electron chi connectivity index (χ2n) is 4.00. The molecule has 0 bridgehead atoms. The van der Waals surface area contributed by atoms with Crippen molar-refractivity contribution in [2.75, 3.05) is 26.7 Å². The van der Waals surface area contributed by atoms with E-state index in [0.717, 1.165) is 19.6 Å². The van der Waals surface area contributed by atoms with Crippen molar-refractivity contribution in [2.24, 2.45) is 0 Å². The highest BCUT2D eigenvalue weighted by Gasteiger charge is 2.12. The van der Waals surface area contributed by atoms with Crippen LogP contribution in [0.3, 0.4) is 0 Å². The first-order valence-corrected chi connectivity index (χ1v) is 4.69. The Bertz CT molecular complexity index is 176. The third kappa shape index (κ3) is 2.32. The molecule has 0 unspecified atom stereocenters. The molecule has 0 atom stereocenters. The highest BCUT2D eigenvalue weighted by atomic mass is 15.1. The molecule has 0 saturated carbocycles. The number of hydrogen-bond acceptors (Lipinski definition) is 2. The van der Waals surface area contributed by atoms with Gasteiger partial charge in [-0.15, -0.1) is 0 Å². The Labute approximate surface area is 75.6 Å². The van der Waals surface area contributed by atoms with E-state index in [-0.39, 0.29) is 0 Å². The van der Waals surface area contributed by atoms with Gasteiger partial charge in [-0.1, -0.05) is 5.57 Å². The first-order valence-electron chi connectivity index (χ1n) is 4.69. The zero-order chi connectivity index (χ0) is 9.14. The molecule has 0 aromatic carbocycles. The molecule has 1 aliphatic heterocycles. The fraction of sp³-hybridized carbons (Fsp3) is 0.800. The summed E-state index contributed by atoms with van der Waals surface area (Å²) in [5, 5.41) is 3.27. The molecular formula is C10H20N2. The van der Waals surface area contributed by atoms with Gasteiger partial charge in [-0.2, -0.15) is 0 Å². The van der Waals surface area contributed by atoms with E-state index in [1.807, 2.05) is 0 Å². The summed E-state index contributed by atoms with van der Waals surface area (Å²) in [7, 11) is 2.18. The predicted molar refractivity (Wildman–Crippen MR) is 53.3 cm³/mol. The molecule has 1 heterocycles. The lowest BCUT2D eigenvalue weighted by molar-refractivity contribution is 0.295. The van der Waals surface area contributed by atoms with Crippen LogP contribution in [0.4, 0.5) is 0 Å². The monoisotopic (exact) mass is 168 g/mol. The zero-order valence-electron chi connectivity index (χ0n) is 8.65. The predicted octanol–water partition coefficient (Wildman–Crippen LogP) is 1.25. The molecule has 0 radical (unpaired) electrons. The van der Waals surface area contributed by atoms with Gasteiger partial charge < -0.3 is 10.2 Å². The van der Waals surface area contributed by atoms with Crippen molar-refractivity contribution in [3.05, 3.63) is 11.1 Å². The minimum absolute atomic E-state index is 0.647. The first kappa shape index (κ1) is 9.75. The molecule has 2 heteroatoms. The Kier molecular flexibility index (Phi) is 3.29. The Balaban J connectivity index is 2.39. The SMILES string of the molecule is CC(CN(C)C(C)C)=C1CNC1. The number of nitrogens with one attached hydrogen (secondary N) is 1. The van der Waals surface area contributed by atoms with Gasteiger partial charge in [0.2, 0.25) is 0 Å². The van der Waals surface area contributed by atoms with E-state index in [1.54, 1.807) is 11.1 Å². The lowest BCUT2D eigenvalue weighted by Gasteiger charge is -2.27. The van der Waals surface area contributed by atoms with Crippen LogP contribution in [0.25, 0.3) is 0 Å².